The number of nitrogens with two attached hydrogens (primary N) is 1. The molecule has 0 fully saturated rings. The molecule has 2 unspecified atom stereocenters. The van der Waals surface area contributed by atoms with Crippen LogP contribution in [0.3, 0.4) is 0 Å². The van der Waals surface area contributed by atoms with Gasteiger partial charge in [0.25, 0.3) is 0 Å². The first kappa shape index (κ1) is 28.7. The number of aromatic nitrogens is 2. The predicted molar refractivity (Wildman–Crippen MR) is 145 cm³/mol. The fourth-order valence-electron chi connectivity index (χ4n) is 3.93. The van der Waals surface area contributed by atoms with Gasteiger partial charge in [0.05, 0.1) is 24.0 Å². The number of rotatable bonds is 13. The Morgan fingerprint density at radius 3 is 2.13 bits per heavy atom. The number of carbonyl (C=O) groups excluding carboxylic acids is 3. The standard InChI is InChI=1S/C28H37N7O3/c1-20(29)27(37)33-21(2)28(38)32-16-13-22-9-11-23(12-10-22)34-26(36)19-35(17-24-7-3-5-14-30-24)18-25-8-4-6-15-31-25/h3-9,11,14-15,20-21H,10,12-13,16-19,29H2,1-2H3,(H,32,38)(H,33,37)(H,34,36). The molecule has 0 bridgehead atoms. The van der Waals surface area contributed by atoms with Gasteiger partial charge in [-0.05, 0) is 63.5 Å². The van der Waals surface area contributed by atoms with Gasteiger partial charge in [-0.3, -0.25) is 29.3 Å². The van der Waals surface area contributed by atoms with Crippen molar-refractivity contribution in [3.05, 3.63) is 83.6 Å². The number of allylic oxidation sites excluding steroid dienone is 3. The Balaban J connectivity index is 1.47. The van der Waals surface area contributed by atoms with E-state index in [1.54, 1.807) is 26.2 Å². The molecule has 2 aromatic heterocycles. The van der Waals surface area contributed by atoms with Gasteiger partial charge >= 0.3 is 0 Å². The van der Waals surface area contributed by atoms with Gasteiger partial charge in [0.2, 0.25) is 17.7 Å². The molecule has 5 N–H and O–H groups in total. The Morgan fingerprint density at radius 2 is 1.61 bits per heavy atom. The van der Waals surface area contributed by atoms with Gasteiger partial charge in [-0.2, -0.15) is 0 Å². The molecule has 38 heavy (non-hydrogen) atoms. The maximum atomic E-state index is 12.9. The van der Waals surface area contributed by atoms with Crippen LogP contribution in [0.25, 0.3) is 0 Å². The van der Waals surface area contributed by atoms with Crippen LogP contribution in [0.4, 0.5) is 0 Å². The maximum Gasteiger partial charge on any atom is 0.242 e. The molecule has 2 atom stereocenters. The first-order chi connectivity index (χ1) is 18.3. The normalized spacial score (nSPS) is 14.6. The molecule has 3 amide bonds. The molecule has 10 heteroatoms. The first-order valence-electron chi connectivity index (χ1n) is 12.8. The van der Waals surface area contributed by atoms with Crippen molar-refractivity contribution in [2.45, 2.75) is 58.3 Å². The zero-order valence-electron chi connectivity index (χ0n) is 22.0. The number of hydrogen-bond donors (Lipinski definition) is 4. The van der Waals surface area contributed by atoms with Crippen molar-refractivity contribution in [1.82, 2.24) is 30.8 Å². The van der Waals surface area contributed by atoms with Gasteiger partial charge in [-0.25, -0.2) is 0 Å². The average molecular weight is 520 g/mol. The lowest BCUT2D eigenvalue weighted by Crippen LogP contribution is -2.49. The second-order valence-electron chi connectivity index (χ2n) is 9.41. The van der Waals surface area contributed by atoms with Crippen LogP contribution in [-0.4, -0.2) is 57.8 Å². The van der Waals surface area contributed by atoms with Crippen LogP contribution in [0.5, 0.6) is 0 Å². The molecule has 0 saturated carbocycles. The Bertz CT molecular complexity index is 1090. The van der Waals surface area contributed by atoms with Gasteiger partial charge < -0.3 is 21.7 Å². The van der Waals surface area contributed by atoms with E-state index in [0.29, 0.717) is 32.5 Å². The smallest absolute Gasteiger partial charge is 0.242 e. The monoisotopic (exact) mass is 519 g/mol. The highest BCUT2D eigenvalue weighted by Gasteiger charge is 2.18. The Morgan fingerprint density at radius 1 is 0.947 bits per heavy atom. The van der Waals surface area contributed by atoms with Crippen LogP contribution in [0, 0.1) is 0 Å². The summed E-state index contributed by atoms with van der Waals surface area (Å²) >= 11 is 0. The molecule has 0 spiro atoms. The van der Waals surface area contributed by atoms with E-state index in [-0.39, 0.29) is 24.3 Å². The van der Waals surface area contributed by atoms with Crippen LogP contribution >= 0.6 is 0 Å². The van der Waals surface area contributed by atoms with Crippen molar-refractivity contribution >= 4 is 17.7 Å². The zero-order chi connectivity index (χ0) is 27.3. The second-order valence-corrected chi connectivity index (χ2v) is 9.41. The summed E-state index contributed by atoms with van der Waals surface area (Å²) in [6, 6.07) is 10.2. The largest absolute Gasteiger partial charge is 0.354 e. The quantitative estimate of drug-likeness (QED) is 0.315. The molecule has 3 rings (SSSR count). The highest BCUT2D eigenvalue weighted by atomic mass is 16.2. The van der Waals surface area contributed by atoms with E-state index in [1.807, 2.05) is 53.5 Å². The molecule has 0 aliphatic heterocycles. The van der Waals surface area contributed by atoms with Gasteiger partial charge in [0.15, 0.2) is 0 Å². The van der Waals surface area contributed by atoms with Crippen molar-refractivity contribution in [2.24, 2.45) is 5.73 Å². The van der Waals surface area contributed by atoms with E-state index in [0.717, 1.165) is 23.5 Å². The first-order valence-corrected chi connectivity index (χ1v) is 12.8. The minimum absolute atomic E-state index is 0.0879. The molecular formula is C28H37N7O3. The minimum atomic E-state index is -0.663. The van der Waals surface area contributed by atoms with E-state index in [2.05, 4.69) is 25.9 Å². The summed E-state index contributed by atoms with van der Waals surface area (Å²) in [7, 11) is 0. The number of hydrogen-bond acceptors (Lipinski definition) is 7. The number of nitrogens with zero attached hydrogens (tertiary/aromatic N) is 3. The van der Waals surface area contributed by atoms with Crippen LogP contribution in [0.1, 0.15) is 44.5 Å². The number of amides is 3. The average Bonchev–Trinajstić information content (AvgIpc) is 2.90. The van der Waals surface area contributed by atoms with Crippen LogP contribution in [-0.2, 0) is 27.5 Å². The number of carbonyl (C=O) groups is 3. The fraction of sp³-hybridized carbons (Fsp3) is 0.393. The van der Waals surface area contributed by atoms with Crippen molar-refractivity contribution in [3.8, 4) is 0 Å². The fourth-order valence-corrected chi connectivity index (χ4v) is 3.93. The lowest BCUT2D eigenvalue weighted by molar-refractivity contribution is -0.129. The molecule has 2 heterocycles. The third kappa shape index (κ3) is 9.87. The van der Waals surface area contributed by atoms with Gasteiger partial charge in [-0.15, -0.1) is 0 Å². The highest BCUT2D eigenvalue weighted by molar-refractivity contribution is 5.89. The summed E-state index contributed by atoms with van der Waals surface area (Å²) in [4.78, 5) is 47.5. The molecule has 2 aromatic rings. The van der Waals surface area contributed by atoms with E-state index in [1.165, 1.54) is 5.57 Å². The third-order valence-corrected chi connectivity index (χ3v) is 6.04. The summed E-state index contributed by atoms with van der Waals surface area (Å²) in [5.41, 5.74) is 9.34. The summed E-state index contributed by atoms with van der Waals surface area (Å²) in [6.07, 6.45) is 9.61. The third-order valence-electron chi connectivity index (χ3n) is 6.04. The van der Waals surface area contributed by atoms with E-state index in [4.69, 9.17) is 5.73 Å². The Labute approximate surface area is 223 Å². The second kappa shape index (κ2) is 14.7. The van der Waals surface area contributed by atoms with Crippen molar-refractivity contribution < 1.29 is 14.4 Å². The SMILES string of the molecule is CC(N)C(=O)NC(C)C(=O)NCCC1=CC=C(NC(=O)CN(Cc2ccccn2)Cc2ccccn2)CC1. The van der Waals surface area contributed by atoms with Crippen LogP contribution in [0.15, 0.2) is 72.2 Å². The topological polar surface area (TPSA) is 142 Å². The minimum Gasteiger partial charge on any atom is -0.354 e. The van der Waals surface area contributed by atoms with Gasteiger partial charge in [-0.1, -0.05) is 23.8 Å². The summed E-state index contributed by atoms with van der Waals surface area (Å²) in [6.45, 7) is 4.95. The molecule has 1 aliphatic rings. The molecule has 10 nitrogen and oxygen atoms in total. The molecule has 1 aliphatic carbocycles. The van der Waals surface area contributed by atoms with Crippen molar-refractivity contribution in [2.75, 3.05) is 13.1 Å². The number of nitrogens with one attached hydrogen (secondary N) is 3. The number of pyridine rings is 2. The molecule has 202 valence electrons. The van der Waals surface area contributed by atoms with Gasteiger partial charge in [0.1, 0.15) is 6.04 Å². The van der Waals surface area contributed by atoms with E-state index < -0.39 is 12.1 Å². The summed E-state index contributed by atoms with van der Waals surface area (Å²) in [5.74, 6) is -0.700. The lowest BCUT2D eigenvalue weighted by Gasteiger charge is -2.22. The van der Waals surface area contributed by atoms with Crippen LogP contribution < -0.4 is 21.7 Å². The molecule has 0 radical (unpaired) electrons. The van der Waals surface area contributed by atoms with Crippen molar-refractivity contribution in [1.29, 1.82) is 0 Å². The lowest BCUT2D eigenvalue weighted by atomic mass is 10.00. The maximum absolute atomic E-state index is 12.9. The Hall–Kier alpha value is -3.89. The zero-order valence-corrected chi connectivity index (χ0v) is 22.0. The van der Waals surface area contributed by atoms with E-state index >= 15 is 0 Å². The molecular weight excluding hydrogens is 482 g/mol. The van der Waals surface area contributed by atoms with E-state index in [9.17, 15) is 14.4 Å². The van der Waals surface area contributed by atoms with Gasteiger partial charge in [0, 0.05) is 37.7 Å². The molecule has 0 saturated heterocycles. The van der Waals surface area contributed by atoms with Crippen molar-refractivity contribution in [3.63, 3.8) is 0 Å². The highest BCUT2D eigenvalue weighted by Crippen LogP contribution is 2.19. The molecule has 0 aromatic carbocycles. The summed E-state index contributed by atoms with van der Waals surface area (Å²) in [5, 5.41) is 8.45. The summed E-state index contributed by atoms with van der Waals surface area (Å²) < 4.78 is 0. The predicted octanol–water partition coefficient (Wildman–Crippen LogP) is 1.56. The van der Waals surface area contributed by atoms with Crippen LogP contribution in [0.2, 0.25) is 0 Å². The Kier molecular flexibility index (Phi) is 11.1.